The van der Waals surface area contributed by atoms with Crippen molar-refractivity contribution in [1.29, 1.82) is 0 Å². The summed E-state index contributed by atoms with van der Waals surface area (Å²) in [4.78, 5) is 14.9. The molecule has 7 heteroatoms. The molecule has 2 fully saturated rings. The summed E-state index contributed by atoms with van der Waals surface area (Å²) < 4.78 is 1.92. The van der Waals surface area contributed by atoms with Crippen LogP contribution in [0.15, 0.2) is 30.3 Å². The molecule has 0 unspecified atom stereocenters. The van der Waals surface area contributed by atoms with E-state index in [1.54, 1.807) is 0 Å². The maximum absolute atomic E-state index is 12.5. The Morgan fingerprint density at radius 3 is 2.55 bits per heavy atom. The van der Waals surface area contributed by atoms with Crippen molar-refractivity contribution in [2.45, 2.75) is 70.5 Å². The number of benzene rings is 1. The number of carbonyl (C=O) groups is 1. The van der Waals surface area contributed by atoms with Crippen molar-refractivity contribution >= 4 is 5.91 Å². The third kappa shape index (κ3) is 5.63. The topological polar surface area (TPSA) is 75.9 Å². The first-order valence-electron chi connectivity index (χ1n) is 11.1. The molecule has 1 saturated carbocycles. The number of piperidine rings is 1. The van der Waals surface area contributed by atoms with E-state index in [4.69, 9.17) is 0 Å². The first-order valence-corrected chi connectivity index (χ1v) is 11.1. The molecule has 0 atom stereocenters. The number of amides is 1. The van der Waals surface area contributed by atoms with Gasteiger partial charge in [0.05, 0.1) is 6.54 Å². The van der Waals surface area contributed by atoms with E-state index in [9.17, 15) is 4.79 Å². The zero-order valence-electron chi connectivity index (χ0n) is 17.2. The number of hydrogen-bond donors (Lipinski definition) is 1. The van der Waals surface area contributed by atoms with E-state index in [0.29, 0.717) is 6.04 Å². The lowest BCUT2D eigenvalue weighted by Crippen LogP contribution is -2.46. The summed E-state index contributed by atoms with van der Waals surface area (Å²) in [6.07, 6.45) is 8.76. The van der Waals surface area contributed by atoms with Gasteiger partial charge in [0.1, 0.15) is 0 Å². The summed E-state index contributed by atoms with van der Waals surface area (Å²) in [6, 6.07) is 10.7. The largest absolute Gasteiger partial charge is 0.353 e. The van der Waals surface area contributed by atoms with Crippen LogP contribution in [0.4, 0.5) is 0 Å². The van der Waals surface area contributed by atoms with Gasteiger partial charge >= 0.3 is 0 Å². The predicted molar refractivity (Wildman–Crippen MR) is 111 cm³/mol. The van der Waals surface area contributed by atoms with E-state index >= 15 is 0 Å². The molecule has 7 nitrogen and oxygen atoms in total. The molecule has 0 spiro atoms. The summed E-state index contributed by atoms with van der Waals surface area (Å²) in [5.41, 5.74) is 1.29. The van der Waals surface area contributed by atoms with E-state index in [0.717, 1.165) is 64.1 Å². The molecule has 2 aliphatic rings. The van der Waals surface area contributed by atoms with Gasteiger partial charge in [0.25, 0.3) is 0 Å². The Hall–Kier alpha value is -2.28. The lowest BCUT2D eigenvalue weighted by Gasteiger charge is -2.33. The lowest BCUT2D eigenvalue weighted by molar-refractivity contribution is -0.127. The van der Waals surface area contributed by atoms with Gasteiger partial charge in [-0.1, -0.05) is 49.6 Å². The first kappa shape index (κ1) is 20.0. The number of nitrogens with one attached hydrogen (secondary N) is 1. The normalized spacial score (nSPS) is 19.3. The van der Waals surface area contributed by atoms with Crippen molar-refractivity contribution in [3.63, 3.8) is 0 Å². The van der Waals surface area contributed by atoms with Gasteiger partial charge in [-0.2, -0.15) is 0 Å². The summed E-state index contributed by atoms with van der Waals surface area (Å²) in [5.74, 6) is 1.45. The third-order valence-electron chi connectivity index (χ3n) is 6.34. The number of tetrazole rings is 1. The van der Waals surface area contributed by atoms with Crippen molar-refractivity contribution in [2.24, 2.45) is 5.92 Å². The van der Waals surface area contributed by atoms with Crippen LogP contribution in [-0.4, -0.2) is 50.1 Å². The molecule has 1 aromatic carbocycles. The van der Waals surface area contributed by atoms with Crippen LogP contribution in [0, 0.1) is 5.92 Å². The second-order valence-corrected chi connectivity index (χ2v) is 8.45. The van der Waals surface area contributed by atoms with Gasteiger partial charge in [-0.05, 0) is 48.1 Å². The molecule has 156 valence electrons. The molecule has 1 saturated heterocycles. The molecule has 0 bridgehead atoms. The molecule has 4 rings (SSSR count). The highest BCUT2D eigenvalue weighted by molar-refractivity contribution is 5.79. The van der Waals surface area contributed by atoms with E-state index in [2.05, 4.69) is 50.0 Å². The number of carbonyl (C=O) groups excluding carboxylic acids is 1. The highest BCUT2D eigenvalue weighted by Crippen LogP contribution is 2.24. The third-order valence-corrected chi connectivity index (χ3v) is 6.34. The summed E-state index contributed by atoms with van der Waals surface area (Å²) >= 11 is 0. The first-order chi connectivity index (χ1) is 14.3. The standard InChI is InChI=1S/C22H32N6O/c29-22(19-9-5-2-6-10-19)23-20-12-14-27(15-13-20)17-21-24-25-26-28(21)16-11-18-7-3-1-4-8-18/h1,3-4,7-8,19-20H,2,5-6,9-17H2,(H,23,29). The van der Waals surface area contributed by atoms with E-state index < -0.39 is 0 Å². The van der Waals surface area contributed by atoms with Gasteiger partial charge in [-0.15, -0.1) is 5.10 Å². The zero-order chi connectivity index (χ0) is 19.9. The van der Waals surface area contributed by atoms with Crippen LogP contribution in [0.1, 0.15) is 56.3 Å². The number of aromatic nitrogens is 4. The van der Waals surface area contributed by atoms with Gasteiger partial charge in [-0.25, -0.2) is 4.68 Å². The minimum Gasteiger partial charge on any atom is -0.353 e. The van der Waals surface area contributed by atoms with E-state index in [1.165, 1.54) is 24.8 Å². The Kier molecular flexibility index (Phi) is 6.87. The quantitative estimate of drug-likeness (QED) is 0.778. The fourth-order valence-corrected chi connectivity index (χ4v) is 4.51. The Labute approximate surface area is 172 Å². The van der Waals surface area contributed by atoms with Crippen molar-refractivity contribution in [3.8, 4) is 0 Å². The highest BCUT2D eigenvalue weighted by Gasteiger charge is 2.26. The Bertz CT molecular complexity index is 763. The van der Waals surface area contributed by atoms with Crippen LogP contribution in [0.2, 0.25) is 0 Å². The smallest absolute Gasteiger partial charge is 0.223 e. The Balaban J connectivity index is 1.22. The van der Waals surface area contributed by atoms with Gasteiger partial charge in [0, 0.05) is 31.6 Å². The molecule has 1 aliphatic heterocycles. The maximum Gasteiger partial charge on any atom is 0.223 e. The zero-order valence-corrected chi connectivity index (χ0v) is 17.2. The monoisotopic (exact) mass is 396 g/mol. The number of aryl methyl sites for hydroxylation is 2. The second kappa shape index (κ2) is 9.96. The van der Waals surface area contributed by atoms with Crippen LogP contribution in [0.25, 0.3) is 0 Å². The highest BCUT2D eigenvalue weighted by atomic mass is 16.1. The number of likely N-dealkylation sites (tertiary alicyclic amines) is 1. The SMILES string of the molecule is O=C(NC1CCN(Cc2nnnn2CCc2ccccc2)CC1)C1CCCCC1. The molecule has 2 aromatic rings. The van der Waals surface area contributed by atoms with Gasteiger partial charge in [-0.3, -0.25) is 9.69 Å². The Morgan fingerprint density at radius 2 is 1.79 bits per heavy atom. The molecular weight excluding hydrogens is 364 g/mol. The van der Waals surface area contributed by atoms with Crippen LogP contribution < -0.4 is 5.32 Å². The molecule has 1 N–H and O–H groups in total. The number of rotatable bonds is 7. The second-order valence-electron chi connectivity index (χ2n) is 8.45. The number of nitrogens with zero attached hydrogens (tertiary/aromatic N) is 5. The summed E-state index contributed by atoms with van der Waals surface area (Å²) in [6.45, 7) is 3.51. The molecule has 29 heavy (non-hydrogen) atoms. The van der Waals surface area contributed by atoms with E-state index in [-0.39, 0.29) is 11.8 Å². The van der Waals surface area contributed by atoms with Crippen LogP contribution >= 0.6 is 0 Å². The van der Waals surface area contributed by atoms with Gasteiger partial charge in [0.15, 0.2) is 5.82 Å². The average molecular weight is 397 g/mol. The van der Waals surface area contributed by atoms with Crippen molar-refractivity contribution in [3.05, 3.63) is 41.7 Å². The summed E-state index contributed by atoms with van der Waals surface area (Å²) in [5, 5.41) is 15.6. The molecule has 2 heterocycles. The van der Waals surface area contributed by atoms with Crippen molar-refractivity contribution < 1.29 is 4.79 Å². The van der Waals surface area contributed by atoms with Gasteiger partial charge < -0.3 is 5.32 Å². The van der Waals surface area contributed by atoms with Gasteiger partial charge in [0.2, 0.25) is 5.91 Å². The predicted octanol–water partition coefficient (Wildman–Crippen LogP) is 2.58. The van der Waals surface area contributed by atoms with Crippen molar-refractivity contribution in [1.82, 2.24) is 30.4 Å². The maximum atomic E-state index is 12.5. The molecule has 1 aliphatic carbocycles. The van der Waals surface area contributed by atoms with E-state index in [1.807, 2.05) is 10.7 Å². The minimum absolute atomic E-state index is 0.246. The van der Waals surface area contributed by atoms with Crippen LogP contribution in [0.3, 0.4) is 0 Å². The van der Waals surface area contributed by atoms with Crippen molar-refractivity contribution in [2.75, 3.05) is 13.1 Å². The Morgan fingerprint density at radius 1 is 1.03 bits per heavy atom. The fraction of sp³-hybridized carbons (Fsp3) is 0.636. The average Bonchev–Trinajstić information content (AvgIpc) is 3.22. The summed E-state index contributed by atoms with van der Waals surface area (Å²) in [7, 11) is 0. The molecule has 0 radical (unpaired) electrons. The number of hydrogen-bond acceptors (Lipinski definition) is 5. The minimum atomic E-state index is 0.246. The fourth-order valence-electron chi connectivity index (χ4n) is 4.51. The molecular formula is C22H32N6O. The molecule has 1 amide bonds. The molecule has 1 aromatic heterocycles. The van der Waals surface area contributed by atoms with Crippen LogP contribution in [0.5, 0.6) is 0 Å². The van der Waals surface area contributed by atoms with Crippen LogP contribution in [-0.2, 0) is 24.3 Å². The lowest BCUT2D eigenvalue weighted by atomic mass is 9.88.